The molecule has 1 aromatic rings. The van der Waals surface area contributed by atoms with E-state index in [0.717, 1.165) is 37.8 Å². The van der Waals surface area contributed by atoms with Crippen molar-refractivity contribution >= 4 is 11.9 Å². The molecule has 2 rings (SSSR count). The van der Waals surface area contributed by atoms with Crippen molar-refractivity contribution in [2.45, 2.75) is 52.8 Å². The minimum Gasteiger partial charge on any atom is -0.374 e. The first-order chi connectivity index (χ1) is 14.2. The van der Waals surface area contributed by atoms with Gasteiger partial charge in [0.15, 0.2) is 5.96 Å². The lowest BCUT2D eigenvalue weighted by atomic mass is 10.1. The highest BCUT2D eigenvalue weighted by molar-refractivity contribution is 5.94. The fourth-order valence-corrected chi connectivity index (χ4v) is 3.44. The number of amides is 1. The van der Waals surface area contributed by atoms with Crippen LogP contribution in [0.2, 0.25) is 0 Å². The van der Waals surface area contributed by atoms with E-state index in [4.69, 9.17) is 4.74 Å². The van der Waals surface area contributed by atoms with E-state index in [-0.39, 0.29) is 17.6 Å². The van der Waals surface area contributed by atoms with Gasteiger partial charge in [-0.2, -0.15) is 0 Å². The third kappa shape index (κ3) is 8.71. The molecule has 0 spiro atoms. The highest BCUT2D eigenvalue weighted by Gasteiger charge is 2.21. The summed E-state index contributed by atoms with van der Waals surface area (Å²) >= 11 is 0. The monoisotopic (exact) mass is 417 g/mol. The van der Waals surface area contributed by atoms with E-state index in [0.29, 0.717) is 24.6 Å². The SMILES string of the molecule is CN=C(NCc1cccc(C(=O)NC(C)(C)C)c1)NCC1CN(CC(C)C)CCO1. The summed E-state index contributed by atoms with van der Waals surface area (Å²) in [6.07, 6.45) is 0.153. The molecule has 1 amide bonds. The second kappa shape index (κ2) is 11.3. The number of hydrogen-bond donors (Lipinski definition) is 3. The maximum absolute atomic E-state index is 12.4. The van der Waals surface area contributed by atoms with Crippen LogP contribution in [0.25, 0.3) is 0 Å². The Kier molecular flexibility index (Phi) is 9.11. The van der Waals surface area contributed by atoms with E-state index in [1.165, 1.54) is 0 Å². The lowest BCUT2D eigenvalue weighted by Gasteiger charge is -2.34. The maximum atomic E-state index is 12.4. The number of rotatable bonds is 7. The van der Waals surface area contributed by atoms with E-state index in [1.807, 2.05) is 45.0 Å². The van der Waals surface area contributed by atoms with Crippen molar-refractivity contribution in [3.8, 4) is 0 Å². The number of morpholine rings is 1. The molecular weight excluding hydrogens is 378 g/mol. The molecule has 0 saturated carbocycles. The minimum atomic E-state index is -0.261. The van der Waals surface area contributed by atoms with Gasteiger partial charge >= 0.3 is 0 Å². The van der Waals surface area contributed by atoms with Crippen LogP contribution in [0.5, 0.6) is 0 Å². The average molecular weight is 418 g/mol. The molecular formula is C23H39N5O2. The Morgan fingerprint density at radius 3 is 2.73 bits per heavy atom. The third-order valence-corrected chi connectivity index (χ3v) is 4.70. The van der Waals surface area contributed by atoms with Gasteiger partial charge in [0.05, 0.1) is 12.7 Å². The number of benzene rings is 1. The second-order valence-corrected chi connectivity index (χ2v) is 9.36. The van der Waals surface area contributed by atoms with Crippen molar-refractivity contribution in [2.24, 2.45) is 10.9 Å². The number of ether oxygens (including phenoxy) is 1. The molecule has 1 aromatic carbocycles. The van der Waals surface area contributed by atoms with Gasteiger partial charge in [0.2, 0.25) is 0 Å². The van der Waals surface area contributed by atoms with Gasteiger partial charge in [0, 0.05) is 50.9 Å². The fourth-order valence-electron chi connectivity index (χ4n) is 3.44. The number of nitrogens with zero attached hydrogens (tertiary/aromatic N) is 2. The molecule has 0 radical (unpaired) electrons. The van der Waals surface area contributed by atoms with Gasteiger partial charge < -0.3 is 20.7 Å². The predicted octanol–water partition coefficient (Wildman–Crippen LogP) is 2.24. The van der Waals surface area contributed by atoms with E-state index in [9.17, 15) is 4.79 Å². The van der Waals surface area contributed by atoms with E-state index < -0.39 is 0 Å². The summed E-state index contributed by atoms with van der Waals surface area (Å²) in [6, 6.07) is 7.66. The van der Waals surface area contributed by atoms with Crippen molar-refractivity contribution < 1.29 is 9.53 Å². The summed E-state index contributed by atoms with van der Waals surface area (Å²) in [6.45, 7) is 15.5. The summed E-state index contributed by atoms with van der Waals surface area (Å²) in [7, 11) is 1.76. The van der Waals surface area contributed by atoms with Gasteiger partial charge in [0.25, 0.3) is 5.91 Å². The predicted molar refractivity (Wildman–Crippen MR) is 123 cm³/mol. The Balaban J connectivity index is 1.83. The molecule has 1 heterocycles. The van der Waals surface area contributed by atoms with Gasteiger partial charge in [-0.3, -0.25) is 14.7 Å². The van der Waals surface area contributed by atoms with Gasteiger partial charge in [-0.1, -0.05) is 26.0 Å². The number of nitrogens with one attached hydrogen (secondary N) is 3. The fraction of sp³-hybridized carbons (Fsp3) is 0.652. The summed E-state index contributed by atoms with van der Waals surface area (Å²) in [5.41, 5.74) is 1.42. The number of guanidine groups is 1. The van der Waals surface area contributed by atoms with Gasteiger partial charge in [0.1, 0.15) is 0 Å². The first-order valence-electron chi connectivity index (χ1n) is 10.9. The summed E-state index contributed by atoms with van der Waals surface area (Å²) in [5, 5.41) is 9.68. The van der Waals surface area contributed by atoms with Crippen molar-refractivity contribution in [1.29, 1.82) is 0 Å². The normalized spacial score (nSPS) is 18.4. The summed E-state index contributed by atoms with van der Waals surface area (Å²) < 4.78 is 5.90. The van der Waals surface area contributed by atoms with Crippen LogP contribution in [0.4, 0.5) is 0 Å². The van der Waals surface area contributed by atoms with Crippen LogP contribution < -0.4 is 16.0 Å². The molecule has 7 heteroatoms. The molecule has 0 aliphatic carbocycles. The Morgan fingerprint density at radius 1 is 1.30 bits per heavy atom. The number of aliphatic imine (C=N–C) groups is 1. The van der Waals surface area contributed by atoms with E-state index >= 15 is 0 Å². The van der Waals surface area contributed by atoms with Gasteiger partial charge in [-0.05, 0) is 44.4 Å². The summed E-state index contributed by atoms with van der Waals surface area (Å²) in [4.78, 5) is 19.2. The molecule has 3 N–H and O–H groups in total. The molecule has 1 fully saturated rings. The maximum Gasteiger partial charge on any atom is 0.251 e. The lowest BCUT2D eigenvalue weighted by Crippen LogP contribution is -2.50. The molecule has 1 atom stereocenters. The standard InChI is InChI=1S/C23H39N5O2/c1-17(2)15-28-10-11-30-20(16-28)14-26-22(24-6)25-13-18-8-7-9-19(12-18)21(29)27-23(3,4)5/h7-9,12,17,20H,10-11,13-16H2,1-6H3,(H,27,29)(H2,24,25,26). The lowest BCUT2D eigenvalue weighted by molar-refractivity contribution is -0.0284. The van der Waals surface area contributed by atoms with Crippen LogP contribution in [-0.2, 0) is 11.3 Å². The zero-order valence-corrected chi connectivity index (χ0v) is 19.4. The highest BCUT2D eigenvalue weighted by Crippen LogP contribution is 2.09. The van der Waals surface area contributed by atoms with Crippen LogP contribution in [0, 0.1) is 5.92 Å². The molecule has 7 nitrogen and oxygen atoms in total. The Labute approximate surface area is 181 Å². The highest BCUT2D eigenvalue weighted by atomic mass is 16.5. The zero-order valence-electron chi connectivity index (χ0n) is 19.4. The second-order valence-electron chi connectivity index (χ2n) is 9.36. The van der Waals surface area contributed by atoms with Crippen molar-refractivity contribution in [2.75, 3.05) is 39.8 Å². The van der Waals surface area contributed by atoms with Crippen molar-refractivity contribution in [3.05, 3.63) is 35.4 Å². The third-order valence-electron chi connectivity index (χ3n) is 4.70. The Hall–Kier alpha value is -2.12. The van der Waals surface area contributed by atoms with E-state index in [2.05, 4.69) is 39.7 Å². The number of carbonyl (C=O) groups excluding carboxylic acids is 1. The molecule has 1 aliphatic rings. The molecule has 1 unspecified atom stereocenters. The molecule has 0 bridgehead atoms. The smallest absolute Gasteiger partial charge is 0.251 e. The number of hydrogen-bond acceptors (Lipinski definition) is 4. The minimum absolute atomic E-state index is 0.0627. The van der Waals surface area contributed by atoms with E-state index in [1.54, 1.807) is 7.05 Å². The zero-order chi connectivity index (χ0) is 22.1. The van der Waals surface area contributed by atoms with Crippen molar-refractivity contribution in [3.63, 3.8) is 0 Å². The first kappa shape index (κ1) is 24.2. The van der Waals surface area contributed by atoms with Crippen molar-refractivity contribution in [1.82, 2.24) is 20.9 Å². The first-order valence-corrected chi connectivity index (χ1v) is 10.9. The van der Waals surface area contributed by atoms with Crippen LogP contribution >= 0.6 is 0 Å². The quantitative estimate of drug-likeness (QED) is 0.468. The Morgan fingerprint density at radius 2 is 2.07 bits per heavy atom. The Bertz CT molecular complexity index is 712. The molecule has 0 aromatic heterocycles. The van der Waals surface area contributed by atoms with Gasteiger partial charge in [-0.25, -0.2) is 0 Å². The van der Waals surface area contributed by atoms with Crippen LogP contribution in [0.15, 0.2) is 29.3 Å². The van der Waals surface area contributed by atoms with Gasteiger partial charge in [-0.15, -0.1) is 0 Å². The number of carbonyl (C=O) groups is 1. The molecule has 1 aliphatic heterocycles. The van der Waals surface area contributed by atoms with Crippen LogP contribution in [0.1, 0.15) is 50.5 Å². The molecule has 1 saturated heterocycles. The topological polar surface area (TPSA) is 78.0 Å². The van der Waals surface area contributed by atoms with Crippen LogP contribution in [-0.4, -0.2) is 68.2 Å². The molecule has 30 heavy (non-hydrogen) atoms. The largest absolute Gasteiger partial charge is 0.374 e. The molecule has 168 valence electrons. The summed E-state index contributed by atoms with van der Waals surface area (Å²) in [5.74, 6) is 1.32. The van der Waals surface area contributed by atoms with Crippen LogP contribution in [0.3, 0.4) is 0 Å². The average Bonchev–Trinajstić information content (AvgIpc) is 2.67.